The molecule has 0 saturated carbocycles. The van der Waals surface area contributed by atoms with E-state index in [-0.39, 0.29) is 5.41 Å². The predicted octanol–water partition coefficient (Wildman–Crippen LogP) is 5.57. The Bertz CT molecular complexity index is 693. The van der Waals surface area contributed by atoms with Gasteiger partial charge in [-0.3, -0.25) is 0 Å². The van der Waals surface area contributed by atoms with Gasteiger partial charge in [-0.1, -0.05) is 43.6 Å². The third-order valence-electron chi connectivity index (χ3n) is 4.74. The van der Waals surface area contributed by atoms with Crippen LogP contribution in [0.25, 0.3) is 11.1 Å². The number of fused-ring (bicyclic) bond motifs is 3. The van der Waals surface area contributed by atoms with Gasteiger partial charge in [-0.15, -0.1) is 0 Å². The molecule has 2 aromatic carbocycles. The van der Waals surface area contributed by atoms with Gasteiger partial charge in [-0.2, -0.15) is 0 Å². The third-order valence-corrected chi connectivity index (χ3v) is 5.06. The highest BCUT2D eigenvalue weighted by Crippen LogP contribution is 2.53. The van der Waals surface area contributed by atoms with Crippen molar-refractivity contribution in [2.75, 3.05) is 0 Å². The van der Waals surface area contributed by atoms with Crippen molar-refractivity contribution >= 4 is 11.6 Å². The van der Waals surface area contributed by atoms with Gasteiger partial charge in [-0.25, -0.2) is 0 Å². The van der Waals surface area contributed by atoms with Crippen molar-refractivity contribution in [3.05, 3.63) is 57.1 Å². The number of hydrogen-bond acceptors (Lipinski definition) is 0. The number of aryl methyl sites for hydroxylation is 1. The van der Waals surface area contributed by atoms with Crippen molar-refractivity contribution < 1.29 is 0 Å². The molecule has 98 valence electrons. The Morgan fingerprint density at radius 2 is 1.68 bits per heavy atom. The molecule has 0 nitrogen and oxygen atoms in total. The first-order valence-electron chi connectivity index (χ1n) is 6.76. The zero-order valence-corrected chi connectivity index (χ0v) is 12.9. The van der Waals surface area contributed by atoms with Crippen molar-refractivity contribution in [1.82, 2.24) is 0 Å². The number of rotatable bonds is 0. The van der Waals surface area contributed by atoms with Gasteiger partial charge in [0.1, 0.15) is 0 Å². The first-order chi connectivity index (χ1) is 8.85. The Labute approximate surface area is 120 Å². The fraction of sp³-hybridized carbons (Fsp3) is 0.333. The third kappa shape index (κ3) is 1.53. The maximum atomic E-state index is 6.47. The number of hydrogen-bond donors (Lipinski definition) is 0. The number of halogens is 1. The van der Waals surface area contributed by atoms with Crippen LogP contribution >= 0.6 is 11.6 Å². The molecule has 0 aromatic heterocycles. The van der Waals surface area contributed by atoms with Crippen molar-refractivity contribution in [3.63, 3.8) is 0 Å². The van der Waals surface area contributed by atoms with Gasteiger partial charge in [0.2, 0.25) is 0 Å². The lowest BCUT2D eigenvalue weighted by molar-refractivity contribution is 0.654. The molecule has 1 aliphatic carbocycles. The van der Waals surface area contributed by atoms with Crippen LogP contribution in [0.15, 0.2) is 24.3 Å². The second-order valence-electron chi connectivity index (χ2n) is 6.15. The normalized spacial score (nSPS) is 15.3. The van der Waals surface area contributed by atoms with Gasteiger partial charge in [0.15, 0.2) is 0 Å². The van der Waals surface area contributed by atoms with Gasteiger partial charge in [0, 0.05) is 16.0 Å². The summed E-state index contributed by atoms with van der Waals surface area (Å²) in [5, 5.41) is 0.868. The quantitative estimate of drug-likeness (QED) is 0.587. The second-order valence-corrected chi connectivity index (χ2v) is 6.56. The summed E-state index contributed by atoms with van der Waals surface area (Å²) in [4.78, 5) is 0. The molecule has 3 rings (SSSR count). The van der Waals surface area contributed by atoms with Gasteiger partial charge >= 0.3 is 0 Å². The average molecular weight is 271 g/mol. The summed E-state index contributed by atoms with van der Waals surface area (Å²) in [7, 11) is 0. The highest BCUT2D eigenvalue weighted by Gasteiger charge is 2.38. The van der Waals surface area contributed by atoms with Crippen LogP contribution in [-0.2, 0) is 5.41 Å². The first-order valence-corrected chi connectivity index (χ1v) is 7.14. The summed E-state index contributed by atoms with van der Waals surface area (Å²) < 4.78 is 0. The molecule has 0 saturated heterocycles. The summed E-state index contributed by atoms with van der Waals surface area (Å²) in [5.74, 6) is 0. The van der Waals surface area contributed by atoms with Crippen LogP contribution in [0.1, 0.15) is 41.7 Å². The molecule has 0 amide bonds. The van der Waals surface area contributed by atoms with Crippen LogP contribution < -0.4 is 0 Å². The zero-order valence-electron chi connectivity index (χ0n) is 12.2. The molecular weight excluding hydrogens is 252 g/mol. The molecule has 0 radical (unpaired) electrons. The summed E-state index contributed by atoms with van der Waals surface area (Å²) >= 11 is 6.47. The Balaban J connectivity index is 2.50. The summed E-state index contributed by atoms with van der Waals surface area (Å²) in [6.45, 7) is 11.2. The second kappa shape index (κ2) is 3.86. The molecule has 0 aliphatic heterocycles. The molecule has 0 spiro atoms. The van der Waals surface area contributed by atoms with Crippen LogP contribution in [-0.4, -0.2) is 0 Å². The summed E-state index contributed by atoms with van der Waals surface area (Å²) in [5.41, 5.74) is 9.55. The van der Waals surface area contributed by atoms with E-state index < -0.39 is 0 Å². The fourth-order valence-electron chi connectivity index (χ4n) is 3.54. The molecule has 1 aliphatic rings. The SMILES string of the molecule is Cc1cc2c(c(C)c1C)C(C)(C)c1cccc(Cl)c1-2. The number of benzene rings is 2. The lowest BCUT2D eigenvalue weighted by Crippen LogP contribution is -2.17. The van der Waals surface area contributed by atoms with Crippen LogP contribution in [0.2, 0.25) is 5.02 Å². The van der Waals surface area contributed by atoms with Gasteiger partial charge in [0.25, 0.3) is 0 Å². The largest absolute Gasteiger partial charge is 0.0837 e. The van der Waals surface area contributed by atoms with Crippen LogP contribution in [0.3, 0.4) is 0 Å². The minimum Gasteiger partial charge on any atom is -0.0837 e. The van der Waals surface area contributed by atoms with Crippen LogP contribution in [0.5, 0.6) is 0 Å². The Kier molecular flexibility index (Phi) is 2.59. The predicted molar refractivity (Wildman–Crippen MR) is 83.2 cm³/mol. The molecule has 0 atom stereocenters. The molecule has 0 bridgehead atoms. The minimum absolute atomic E-state index is 0.0398. The van der Waals surface area contributed by atoms with E-state index in [4.69, 9.17) is 11.6 Å². The molecule has 1 heteroatoms. The monoisotopic (exact) mass is 270 g/mol. The van der Waals surface area contributed by atoms with Crippen molar-refractivity contribution in [2.45, 2.75) is 40.0 Å². The van der Waals surface area contributed by atoms with E-state index in [1.165, 1.54) is 38.9 Å². The maximum Gasteiger partial charge on any atom is 0.0487 e. The lowest BCUT2D eigenvalue weighted by atomic mass is 9.79. The zero-order chi connectivity index (χ0) is 13.9. The molecular formula is C18H19Cl. The lowest BCUT2D eigenvalue weighted by Gasteiger charge is -2.24. The van der Waals surface area contributed by atoms with Gasteiger partial charge in [0.05, 0.1) is 0 Å². The van der Waals surface area contributed by atoms with Crippen LogP contribution in [0.4, 0.5) is 0 Å². The van der Waals surface area contributed by atoms with Crippen molar-refractivity contribution in [3.8, 4) is 11.1 Å². The maximum absolute atomic E-state index is 6.47. The van der Waals surface area contributed by atoms with Gasteiger partial charge in [-0.05, 0) is 60.2 Å². The highest BCUT2D eigenvalue weighted by molar-refractivity contribution is 6.33. The Hall–Kier alpha value is -1.27. The summed E-state index contributed by atoms with van der Waals surface area (Å²) in [6.07, 6.45) is 0. The van der Waals surface area contributed by atoms with E-state index in [2.05, 4.69) is 52.8 Å². The van der Waals surface area contributed by atoms with Gasteiger partial charge < -0.3 is 0 Å². The Morgan fingerprint density at radius 1 is 1.00 bits per heavy atom. The molecule has 0 heterocycles. The first kappa shape index (κ1) is 12.7. The molecule has 0 unspecified atom stereocenters. The smallest absolute Gasteiger partial charge is 0.0487 e. The van der Waals surface area contributed by atoms with Crippen molar-refractivity contribution in [1.29, 1.82) is 0 Å². The molecule has 0 N–H and O–H groups in total. The molecule has 19 heavy (non-hydrogen) atoms. The summed E-state index contributed by atoms with van der Waals surface area (Å²) in [6, 6.07) is 8.57. The van der Waals surface area contributed by atoms with E-state index in [0.717, 1.165) is 5.02 Å². The molecule has 0 fully saturated rings. The van der Waals surface area contributed by atoms with Crippen molar-refractivity contribution in [2.24, 2.45) is 0 Å². The minimum atomic E-state index is 0.0398. The highest BCUT2D eigenvalue weighted by atomic mass is 35.5. The molecule has 2 aromatic rings. The standard InChI is InChI=1S/C18H19Cl/c1-10-9-13-16-14(7-6-8-15(16)19)18(4,5)17(13)12(3)11(10)2/h6-9H,1-5H3. The van der Waals surface area contributed by atoms with E-state index >= 15 is 0 Å². The topological polar surface area (TPSA) is 0 Å². The van der Waals surface area contributed by atoms with E-state index in [0.29, 0.717) is 0 Å². The Morgan fingerprint density at radius 3 is 2.37 bits per heavy atom. The van der Waals surface area contributed by atoms with Crippen LogP contribution in [0, 0.1) is 20.8 Å². The van der Waals surface area contributed by atoms with E-state index in [1.54, 1.807) is 0 Å². The van der Waals surface area contributed by atoms with E-state index in [9.17, 15) is 0 Å². The fourth-order valence-corrected chi connectivity index (χ4v) is 3.81. The van der Waals surface area contributed by atoms with E-state index in [1.807, 2.05) is 6.07 Å². The average Bonchev–Trinajstić information content (AvgIpc) is 2.56.